The smallest absolute Gasteiger partial charge is 0.306 e. The minimum Gasteiger partial charge on any atom is -0.454 e. The number of aliphatic hydroxyl groups is 5. The Hall–Kier alpha value is -2.90. The molecule has 1 aliphatic heterocycles. The first-order chi connectivity index (χ1) is 39.7. The molecule has 0 aliphatic carbocycles. The van der Waals surface area contributed by atoms with E-state index in [1.54, 1.807) is 6.08 Å². The van der Waals surface area contributed by atoms with Crippen molar-refractivity contribution in [1.82, 2.24) is 5.32 Å². The van der Waals surface area contributed by atoms with Gasteiger partial charge in [0, 0.05) is 6.42 Å². The Balaban J connectivity index is 2.58. The van der Waals surface area contributed by atoms with Crippen molar-refractivity contribution in [1.29, 1.82) is 0 Å². The summed E-state index contributed by atoms with van der Waals surface area (Å²) in [7, 11) is 0. The van der Waals surface area contributed by atoms with Crippen LogP contribution in [0.2, 0.25) is 0 Å². The summed E-state index contributed by atoms with van der Waals surface area (Å²) in [5, 5.41) is 57.1. The molecule has 11 heteroatoms. The molecule has 1 rings (SSSR count). The SMILES string of the molecule is CCCCC/C=C\C/C=C\C/C=C\C/C=C\CCCCCCCCCCCCC(O)C(=O)NC(COC1OC(CO)C(O)C(O)C1OC(=O)CCCCCCCCC/C=C\CCCCCC)C(O)/C=C/CCCCCCCCCCC. The van der Waals surface area contributed by atoms with Gasteiger partial charge in [0.2, 0.25) is 5.91 Å². The summed E-state index contributed by atoms with van der Waals surface area (Å²) in [5.74, 6) is -1.20. The lowest BCUT2D eigenvalue weighted by atomic mass is 9.99. The van der Waals surface area contributed by atoms with E-state index < -0.39 is 67.4 Å². The van der Waals surface area contributed by atoms with Crippen LogP contribution in [0.5, 0.6) is 0 Å². The van der Waals surface area contributed by atoms with E-state index >= 15 is 0 Å². The second-order valence-corrected chi connectivity index (χ2v) is 23.2. The molecule has 0 aromatic rings. The maximum Gasteiger partial charge on any atom is 0.306 e. The number of hydrogen-bond donors (Lipinski definition) is 6. The number of rotatable bonds is 57. The van der Waals surface area contributed by atoms with Crippen LogP contribution >= 0.6 is 0 Å². The Kier molecular flexibility index (Phi) is 54.1. The molecular formula is C70H125NO10. The van der Waals surface area contributed by atoms with Gasteiger partial charge in [-0.25, -0.2) is 0 Å². The number of ether oxygens (including phenoxy) is 3. The van der Waals surface area contributed by atoms with Gasteiger partial charge in [-0.05, 0) is 96.3 Å². The van der Waals surface area contributed by atoms with Gasteiger partial charge in [0.15, 0.2) is 12.4 Å². The quantitative estimate of drug-likeness (QED) is 0.0195. The maximum absolute atomic E-state index is 13.5. The number of esters is 1. The van der Waals surface area contributed by atoms with E-state index in [1.165, 1.54) is 154 Å². The van der Waals surface area contributed by atoms with E-state index in [2.05, 4.69) is 86.8 Å². The van der Waals surface area contributed by atoms with Crippen LogP contribution in [0.15, 0.2) is 72.9 Å². The molecule has 81 heavy (non-hydrogen) atoms. The molecule has 0 radical (unpaired) electrons. The molecule has 1 fully saturated rings. The van der Waals surface area contributed by atoms with Crippen LogP contribution in [0.25, 0.3) is 0 Å². The van der Waals surface area contributed by atoms with E-state index in [1.807, 2.05) is 6.08 Å². The van der Waals surface area contributed by atoms with Crippen LogP contribution < -0.4 is 5.32 Å². The van der Waals surface area contributed by atoms with Crippen molar-refractivity contribution in [2.24, 2.45) is 0 Å². The van der Waals surface area contributed by atoms with Crippen LogP contribution in [-0.2, 0) is 23.8 Å². The number of hydrogen-bond acceptors (Lipinski definition) is 10. The third-order valence-corrected chi connectivity index (χ3v) is 15.6. The number of carbonyl (C=O) groups is 2. The Morgan fingerprint density at radius 3 is 1.32 bits per heavy atom. The molecular weight excluding hydrogens is 1010 g/mol. The third-order valence-electron chi connectivity index (χ3n) is 15.6. The van der Waals surface area contributed by atoms with Crippen LogP contribution in [0.4, 0.5) is 0 Å². The zero-order chi connectivity index (χ0) is 58.9. The van der Waals surface area contributed by atoms with Crippen molar-refractivity contribution in [3.8, 4) is 0 Å². The highest BCUT2D eigenvalue weighted by Gasteiger charge is 2.47. The van der Waals surface area contributed by atoms with Gasteiger partial charge >= 0.3 is 5.97 Å². The topological polar surface area (TPSA) is 175 Å². The van der Waals surface area contributed by atoms with Gasteiger partial charge < -0.3 is 45.1 Å². The summed E-state index contributed by atoms with van der Waals surface area (Å²) in [5.41, 5.74) is 0. The molecule has 8 atom stereocenters. The number of carbonyl (C=O) groups excluding carboxylic acids is 2. The molecule has 11 nitrogen and oxygen atoms in total. The fraction of sp³-hybridized carbons (Fsp3) is 0.800. The number of unbranched alkanes of at least 4 members (excludes halogenated alkanes) is 33. The molecule has 1 heterocycles. The lowest BCUT2D eigenvalue weighted by Crippen LogP contribution is -2.61. The van der Waals surface area contributed by atoms with Gasteiger partial charge in [-0.1, -0.05) is 267 Å². The Morgan fingerprint density at radius 1 is 0.481 bits per heavy atom. The van der Waals surface area contributed by atoms with Gasteiger partial charge in [0.1, 0.15) is 24.4 Å². The monoisotopic (exact) mass is 1140 g/mol. The summed E-state index contributed by atoms with van der Waals surface area (Å²) in [6, 6.07) is -1.03. The molecule has 0 bridgehead atoms. The fourth-order valence-electron chi connectivity index (χ4n) is 10.2. The highest BCUT2D eigenvalue weighted by atomic mass is 16.7. The summed E-state index contributed by atoms with van der Waals surface area (Å²) in [6.07, 6.45) is 63.7. The predicted molar refractivity (Wildman–Crippen MR) is 338 cm³/mol. The summed E-state index contributed by atoms with van der Waals surface area (Å²) < 4.78 is 17.6. The molecule has 1 aliphatic rings. The van der Waals surface area contributed by atoms with Gasteiger partial charge in [-0.2, -0.15) is 0 Å². The average molecular weight is 1140 g/mol. The number of allylic oxidation sites excluding steroid dienone is 11. The van der Waals surface area contributed by atoms with Crippen molar-refractivity contribution >= 4 is 11.9 Å². The minimum atomic E-state index is -1.62. The standard InChI is InChI=1S/C70H125NO10/c1-4-7-10-13-16-19-22-24-26-27-28-29-30-31-32-33-34-35-36-38-39-42-45-48-51-54-57-63(74)69(78)71-61(62(73)56-53-50-47-44-41-21-18-15-12-9-6-3)60-79-70-68(67(77)66(76)64(59-72)80-70)81-65(75)58-55-52-49-46-43-40-37-25-23-20-17-14-11-8-5-2/h16,19-20,23-24,26,28-29,31-32,53,56,61-64,66-68,70,72-74,76-77H,4-15,17-18,21-22,25,27,30,33-52,54-55,57-60H2,1-3H3,(H,71,78)/b19-16-,23-20-,26-24-,29-28-,32-31-,56-53+. The Morgan fingerprint density at radius 2 is 0.852 bits per heavy atom. The second kappa shape index (κ2) is 57.5. The van der Waals surface area contributed by atoms with Crippen molar-refractivity contribution < 1.29 is 49.3 Å². The first kappa shape index (κ1) is 76.1. The minimum absolute atomic E-state index is 0.117. The Bertz CT molecular complexity index is 1590. The molecule has 0 aromatic carbocycles. The molecule has 0 saturated carbocycles. The second-order valence-electron chi connectivity index (χ2n) is 23.2. The van der Waals surface area contributed by atoms with Crippen LogP contribution in [0.1, 0.15) is 297 Å². The van der Waals surface area contributed by atoms with Crippen molar-refractivity contribution in [3.05, 3.63) is 72.9 Å². The zero-order valence-corrected chi connectivity index (χ0v) is 52.1. The van der Waals surface area contributed by atoms with Crippen molar-refractivity contribution in [2.75, 3.05) is 13.2 Å². The molecule has 1 saturated heterocycles. The fourth-order valence-corrected chi connectivity index (χ4v) is 10.2. The van der Waals surface area contributed by atoms with Crippen LogP contribution in [0, 0.1) is 0 Å². The normalized spacial score (nSPS) is 19.1. The summed E-state index contributed by atoms with van der Waals surface area (Å²) >= 11 is 0. The lowest BCUT2D eigenvalue weighted by molar-refractivity contribution is -0.305. The average Bonchev–Trinajstić information content (AvgIpc) is 3.51. The van der Waals surface area contributed by atoms with E-state index in [-0.39, 0.29) is 19.4 Å². The highest BCUT2D eigenvalue weighted by Crippen LogP contribution is 2.26. The maximum atomic E-state index is 13.5. The molecule has 6 N–H and O–H groups in total. The van der Waals surface area contributed by atoms with E-state index in [0.29, 0.717) is 12.8 Å². The molecule has 0 spiro atoms. The summed E-state index contributed by atoms with van der Waals surface area (Å²) in [4.78, 5) is 26.6. The van der Waals surface area contributed by atoms with E-state index in [4.69, 9.17) is 14.2 Å². The van der Waals surface area contributed by atoms with Crippen LogP contribution in [0.3, 0.4) is 0 Å². The zero-order valence-electron chi connectivity index (χ0n) is 52.1. The molecule has 8 unspecified atom stereocenters. The van der Waals surface area contributed by atoms with Gasteiger partial charge in [-0.3, -0.25) is 9.59 Å². The first-order valence-corrected chi connectivity index (χ1v) is 33.7. The van der Waals surface area contributed by atoms with Gasteiger partial charge in [0.25, 0.3) is 0 Å². The molecule has 0 aromatic heterocycles. The lowest BCUT2D eigenvalue weighted by Gasteiger charge is -2.41. The predicted octanol–water partition coefficient (Wildman–Crippen LogP) is 16.7. The van der Waals surface area contributed by atoms with Gasteiger partial charge in [0.05, 0.1) is 25.4 Å². The number of amides is 1. The van der Waals surface area contributed by atoms with Crippen LogP contribution in [-0.4, -0.2) is 99.6 Å². The van der Waals surface area contributed by atoms with Crippen molar-refractivity contribution in [2.45, 2.75) is 346 Å². The highest BCUT2D eigenvalue weighted by molar-refractivity contribution is 5.80. The molecule has 1 amide bonds. The molecule has 470 valence electrons. The third kappa shape index (κ3) is 45.2. The summed E-state index contributed by atoms with van der Waals surface area (Å²) in [6.45, 7) is 5.75. The van der Waals surface area contributed by atoms with Crippen molar-refractivity contribution in [3.63, 3.8) is 0 Å². The van der Waals surface area contributed by atoms with E-state index in [9.17, 15) is 35.1 Å². The number of nitrogens with one attached hydrogen (secondary N) is 1. The largest absolute Gasteiger partial charge is 0.454 e. The number of aliphatic hydroxyl groups excluding tert-OH is 5. The Labute approximate surface area is 496 Å². The van der Waals surface area contributed by atoms with E-state index in [0.717, 1.165) is 96.3 Å². The van der Waals surface area contributed by atoms with Gasteiger partial charge in [-0.15, -0.1) is 0 Å². The first-order valence-electron chi connectivity index (χ1n) is 33.7.